The van der Waals surface area contributed by atoms with E-state index in [1.165, 1.54) is 6.92 Å². The van der Waals surface area contributed by atoms with E-state index in [0.717, 1.165) is 12.8 Å². The summed E-state index contributed by atoms with van der Waals surface area (Å²) in [6, 6.07) is -1.32. The van der Waals surface area contributed by atoms with Gasteiger partial charge < -0.3 is 21.1 Å². The lowest BCUT2D eigenvalue weighted by atomic mass is 10.00. The van der Waals surface area contributed by atoms with E-state index < -0.39 is 29.6 Å². The lowest BCUT2D eigenvalue weighted by Gasteiger charge is -2.22. The molecule has 0 aromatic heterocycles. The predicted molar refractivity (Wildman–Crippen MR) is 77.2 cm³/mol. The molecule has 4 N–H and O–H groups in total. The Morgan fingerprint density at radius 2 is 1.76 bits per heavy atom. The van der Waals surface area contributed by atoms with Crippen molar-refractivity contribution in [3.8, 4) is 0 Å². The molecule has 0 spiro atoms. The Hall–Kier alpha value is -1.47. The number of carbonyl (C=O) groups is 3. The summed E-state index contributed by atoms with van der Waals surface area (Å²) < 4.78 is 4.80. The molecule has 0 heterocycles. The molecule has 1 saturated carbocycles. The van der Waals surface area contributed by atoms with Crippen molar-refractivity contribution in [1.82, 2.24) is 10.6 Å². The van der Waals surface area contributed by atoms with Gasteiger partial charge in [0, 0.05) is 0 Å². The molecule has 2 atom stereocenters. The van der Waals surface area contributed by atoms with Crippen molar-refractivity contribution < 1.29 is 19.1 Å². The molecule has 1 aliphatic carbocycles. The smallest absolute Gasteiger partial charge is 0.336 e. The maximum atomic E-state index is 11.9. The zero-order valence-electron chi connectivity index (χ0n) is 12.9. The maximum absolute atomic E-state index is 11.9. The fourth-order valence-corrected chi connectivity index (χ4v) is 2.29. The molecule has 0 radical (unpaired) electrons. The van der Waals surface area contributed by atoms with Crippen LogP contribution in [0, 0.1) is 0 Å². The second kappa shape index (κ2) is 7.51. The van der Waals surface area contributed by atoms with Crippen molar-refractivity contribution >= 4 is 17.8 Å². The van der Waals surface area contributed by atoms with Crippen LogP contribution in [-0.4, -0.2) is 42.0 Å². The van der Waals surface area contributed by atoms with Gasteiger partial charge in [-0.25, -0.2) is 9.59 Å². The summed E-state index contributed by atoms with van der Waals surface area (Å²) in [7, 11) is 0. The molecule has 0 aromatic rings. The molecule has 7 heteroatoms. The van der Waals surface area contributed by atoms with E-state index in [-0.39, 0.29) is 5.91 Å². The van der Waals surface area contributed by atoms with E-state index in [0.29, 0.717) is 19.4 Å². The summed E-state index contributed by atoms with van der Waals surface area (Å²) in [5.74, 6) is -1.81. The molecule has 21 heavy (non-hydrogen) atoms. The lowest BCUT2D eigenvalue weighted by Crippen LogP contribution is -2.51. The van der Waals surface area contributed by atoms with Crippen LogP contribution in [0.1, 0.15) is 46.5 Å². The molecule has 1 fully saturated rings. The van der Waals surface area contributed by atoms with Crippen molar-refractivity contribution in [2.45, 2.75) is 64.1 Å². The number of hydrogen-bond acceptors (Lipinski definition) is 6. The first-order valence-electron chi connectivity index (χ1n) is 7.39. The van der Waals surface area contributed by atoms with E-state index in [1.807, 2.05) is 6.92 Å². The third-order valence-electron chi connectivity index (χ3n) is 3.71. The highest BCUT2D eigenvalue weighted by molar-refractivity contribution is 5.95. The Bertz CT molecular complexity index is 405. The van der Waals surface area contributed by atoms with Gasteiger partial charge in [0.25, 0.3) is 0 Å². The van der Waals surface area contributed by atoms with Crippen molar-refractivity contribution in [2.24, 2.45) is 5.73 Å². The average molecular weight is 299 g/mol. The van der Waals surface area contributed by atoms with E-state index in [1.54, 1.807) is 6.92 Å². The van der Waals surface area contributed by atoms with Crippen LogP contribution in [0.3, 0.4) is 0 Å². The van der Waals surface area contributed by atoms with Gasteiger partial charge in [0.15, 0.2) is 0 Å². The summed E-state index contributed by atoms with van der Waals surface area (Å²) in [4.78, 5) is 35.5. The largest absolute Gasteiger partial charge is 0.390 e. The number of ether oxygens (including phenoxy) is 1. The van der Waals surface area contributed by atoms with Crippen LogP contribution < -0.4 is 16.4 Å². The third kappa shape index (κ3) is 4.78. The van der Waals surface area contributed by atoms with Gasteiger partial charge in [-0.05, 0) is 33.2 Å². The van der Waals surface area contributed by atoms with Gasteiger partial charge in [0.1, 0.15) is 11.6 Å². The van der Waals surface area contributed by atoms with E-state index in [9.17, 15) is 14.4 Å². The number of rotatable bonds is 6. The SMILES string of the molecule is CCN[C@@H](C)C(=O)N[C@@H](C)C(=O)OC(=O)C1(N)CCCC1. The molecule has 0 aliphatic heterocycles. The summed E-state index contributed by atoms with van der Waals surface area (Å²) in [6.07, 6.45) is 2.76. The fraction of sp³-hybridized carbons (Fsp3) is 0.786. The van der Waals surface area contributed by atoms with Gasteiger partial charge in [0.2, 0.25) is 5.91 Å². The zero-order chi connectivity index (χ0) is 16.0. The van der Waals surface area contributed by atoms with Crippen LogP contribution in [0.2, 0.25) is 0 Å². The minimum absolute atomic E-state index is 0.322. The molecule has 0 bridgehead atoms. The predicted octanol–water partition coefficient (Wildman–Crippen LogP) is -0.170. The minimum atomic E-state index is -1.06. The topological polar surface area (TPSA) is 111 Å². The van der Waals surface area contributed by atoms with E-state index >= 15 is 0 Å². The molecule has 1 aliphatic rings. The van der Waals surface area contributed by atoms with E-state index in [4.69, 9.17) is 10.5 Å². The minimum Gasteiger partial charge on any atom is -0.390 e. The molecule has 7 nitrogen and oxygen atoms in total. The quantitative estimate of drug-likeness (QED) is 0.464. The highest BCUT2D eigenvalue weighted by atomic mass is 16.6. The van der Waals surface area contributed by atoms with Crippen molar-refractivity contribution in [1.29, 1.82) is 0 Å². The molecular weight excluding hydrogens is 274 g/mol. The molecule has 1 rings (SSSR count). The van der Waals surface area contributed by atoms with Crippen LogP contribution in [0.15, 0.2) is 0 Å². The number of likely N-dealkylation sites (N-methyl/N-ethyl adjacent to an activating group) is 1. The molecular formula is C14H25N3O4. The normalized spacial score (nSPS) is 19.6. The third-order valence-corrected chi connectivity index (χ3v) is 3.71. The molecule has 120 valence electrons. The van der Waals surface area contributed by atoms with Gasteiger partial charge in [0.05, 0.1) is 6.04 Å². The second-order valence-electron chi connectivity index (χ2n) is 5.58. The number of nitrogens with one attached hydrogen (secondary N) is 2. The first-order chi connectivity index (χ1) is 9.80. The standard InChI is InChI=1S/C14H25N3O4/c1-4-16-9(2)11(18)17-10(3)12(19)21-13(20)14(15)7-5-6-8-14/h9-10,16H,4-8,15H2,1-3H3,(H,17,18)/t9-,10-/m0/s1. The number of nitrogens with two attached hydrogens (primary N) is 1. The number of amides is 1. The summed E-state index contributed by atoms with van der Waals surface area (Å²) in [5, 5.41) is 5.43. The van der Waals surface area contributed by atoms with Gasteiger partial charge in [-0.15, -0.1) is 0 Å². The van der Waals surface area contributed by atoms with E-state index in [2.05, 4.69) is 10.6 Å². The molecule has 1 amide bonds. The van der Waals surface area contributed by atoms with Crippen LogP contribution in [-0.2, 0) is 19.1 Å². The first-order valence-corrected chi connectivity index (χ1v) is 7.39. The summed E-state index contributed by atoms with van der Waals surface area (Å²) in [5.41, 5.74) is 4.86. The van der Waals surface area contributed by atoms with Crippen LogP contribution in [0.4, 0.5) is 0 Å². The summed E-state index contributed by atoms with van der Waals surface area (Å²) >= 11 is 0. The van der Waals surface area contributed by atoms with Crippen molar-refractivity contribution in [3.05, 3.63) is 0 Å². The Morgan fingerprint density at radius 1 is 1.19 bits per heavy atom. The Labute approximate surface area is 125 Å². The first kappa shape index (κ1) is 17.6. The fourth-order valence-electron chi connectivity index (χ4n) is 2.29. The van der Waals surface area contributed by atoms with Gasteiger partial charge >= 0.3 is 11.9 Å². The zero-order valence-corrected chi connectivity index (χ0v) is 12.9. The van der Waals surface area contributed by atoms with Gasteiger partial charge in [-0.1, -0.05) is 19.8 Å². The average Bonchev–Trinajstić information content (AvgIpc) is 2.87. The number of carbonyl (C=O) groups excluding carboxylic acids is 3. The molecule has 0 unspecified atom stereocenters. The highest BCUT2D eigenvalue weighted by Gasteiger charge is 2.40. The monoisotopic (exact) mass is 299 g/mol. The van der Waals surface area contributed by atoms with Gasteiger partial charge in [-0.3, -0.25) is 4.79 Å². The Balaban J connectivity index is 2.47. The van der Waals surface area contributed by atoms with Crippen LogP contribution in [0.5, 0.6) is 0 Å². The molecule has 0 saturated heterocycles. The molecule has 0 aromatic carbocycles. The maximum Gasteiger partial charge on any atom is 0.336 e. The number of hydrogen-bond donors (Lipinski definition) is 3. The Morgan fingerprint density at radius 3 is 2.29 bits per heavy atom. The Kier molecular flexibility index (Phi) is 6.29. The van der Waals surface area contributed by atoms with Crippen molar-refractivity contribution in [2.75, 3.05) is 6.54 Å². The van der Waals surface area contributed by atoms with Crippen LogP contribution in [0.25, 0.3) is 0 Å². The number of esters is 2. The lowest BCUT2D eigenvalue weighted by molar-refractivity contribution is -0.165. The van der Waals surface area contributed by atoms with Crippen molar-refractivity contribution in [3.63, 3.8) is 0 Å². The second-order valence-corrected chi connectivity index (χ2v) is 5.58. The summed E-state index contributed by atoms with van der Waals surface area (Å²) in [6.45, 7) is 5.68. The van der Waals surface area contributed by atoms with Crippen LogP contribution >= 0.6 is 0 Å². The highest BCUT2D eigenvalue weighted by Crippen LogP contribution is 2.28. The van der Waals surface area contributed by atoms with Gasteiger partial charge in [-0.2, -0.15) is 0 Å².